The summed E-state index contributed by atoms with van der Waals surface area (Å²) in [7, 11) is 0. The van der Waals surface area contributed by atoms with Crippen LogP contribution in [-0.4, -0.2) is 35.0 Å². The monoisotopic (exact) mass is 316 g/mol. The van der Waals surface area contributed by atoms with E-state index in [1.54, 1.807) is 0 Å². The maximum atomic E-state index is 13.0. The number of rotatable bonds is 0. The fourth-order valence-corrected chi connectivity index (χ4v) is 6.55. The summed E-state index contributed by atoms with van der Waals surface area (Å²) in [6, 6.07) is 0. The van der Waals surface area contributed by atoms with Crippen LogP contribution in [0.4, 0.5) is 0 Å². The molecule has 5 rings (SSSR count). The molecule has 4 heteroatoms. The number of carbonyl (C=O) groups is 2. The minimum Gasteiger partial charge on any atom is -0.390 e. The van der Waals surface area contributed by atoms with Gasteiger partial charge in [0.15, 0.2) is 5.78 Å². The van der Waals surface area contributed by atoms with Gasteiger partial charge in [0.05, 0.1) is 6.10 Å². The Morgan fingerprint density at radius 2 is 1.91 bits per heavy atom. The van der Waals surface area contributed by atoms with E-state index in [1.165, 1.54) is 0 Å². The summed E-state index contributed by atoms with van der Waals surface area (Å²) in [5, 5.41) is 10.4. The molecule has 1 heterocycles. The summed E-state index contributed by atoms with van der Waals surface area (Å²) in [6.07, 6.45) is 5.22. The second-order valence-corrected chi connectivity index (χ2v) is 8.87. The van der Waals surface area contributed by atoms with Gasteiger partial charge in [0, 0.05) is 17.8 Å². The van der Waals surface area contributed by atoms with E-state index in [1.807, 2.05) is 6.08 Å². The molecule has 5 aliphatic rings. The summed E-state index contributed by atoms with van der Waals surface area (Å²) in [4.78, 5) is 25.4. The van der Waals surface area contributed by atoms with Gasteiger partial charge >= 0.3 is 0 Å². The molecule has 0 radical (unpaired) electrons. The SMILES string of the molecule is C[C@]12C[C@@H](O)[C@H]3O[C@H]3C1=CC(=O)[C@@H]1[C@@H]2CC[C@]2(C)C(=O)CC[C@@H]12. The number of carbonyl (C=O) groups excluding carboxylic acids is 2. The number of aliphatic hydroxyl groups is 1. The molecule has 23 heavy (non-hydrogen) atoms. The number of Topliss-reactive ketones (excluding diaryl/α,β-unsaturated/α-hetero) is 1. The number of ether oxygens (including phenoxy) is 1. The molecule has 1 aliphatic heterocycles. The highest BCUT2D eigenvalue weighted by Gasteiger charge is 2.66. The number of fused-ring (bicyclic) bond motifs is 7. The lowest BCUT2D eigenvalue weighted by molar-refractivity contribution is -0.140. The van der Waals surface area contributed by atoms with E-state index in [0.29, 0.717) is 18.6 Å². The molecule has 4 fully saturated rings. The number of ketones is 2. The van der Waals surface area contributed by atoms with Crippen molar-refractivity contribution in [1.29, 1.82) is 0 Å². The Balaban J connectivity index is 1.60. The smallest absolute Gasteiger partial charge is 0.159 e. The van der Waals surface area contributed by atoms with Crippen LogP contribution in [0.3, 0.4) is 0 Å². The second-order valence-electron chi connectivity index (χ2n) is 8.87. The fourth-order valence-electron chi connectivity index (χ4n) is 6.55. The molecular weight excluding hydrogens is 292 g/mol. The zero-order valence-electron chi connectivity index (χ0n) is 13.7. The van der Waals surface area contributed by atoms with Gasteiger partial charge in [0.2, 0.25) is 0 Å². The van der Waals surface area contributed by atoms with Gasteiger partial charge in [-0.1, -0.05) is 13.8 Å². The van der Waals surface area contributed by atoms with Crippen LogP contribution >= 0.6 is 0 Å². The maximum Gasteiger partial charge on any atom is 0.159 e. The van der Waals surface area contributed by atoms with E-state index in [-0.39, 0.29) is 46.6 Å². The lowest BCUT2D eigenvalue weighted by Gasteiger charge is -2.55. The van der Waals surface area contributed by atoms with Crippen molar-refractivity contribution in [2.45, 2.75) is 64.3 Å². The van der Waals surface area contributed by atoms with Gasteiger partial charge in [-0.3, -0.25) is 9.59 Å². The number of allylic oxidation sites excluding steroid dienone is 1. The van der Waals surface area contributed by atoms with Gasteiger partial charge in [0.25, 0.3) is 0 Å². The van der Waals surface area contributed by atoms with Crippen molar-refractivity contribution in [3.05, 3.63) is 11.6 Å². The third kappa shape index (κ3) is 1.59. The summed E-state index contributed by atoms with van der Waals surface area (Å²) in [5.41, 5.74) is 0.666. The molecule has 0 unspecified atom stereocenters. The van der Waals surface area contributed by atoms with Crippen LogP contribution in [0.5, 0.6) is 0 Å². The molecule has 1 N–H and O–H groups in total. The van der Waals surface area contributed by atoms with Gasteiger partial charge < -0.3 is 9.84 Å². The van der Waals surface area contributed by atoms with E-state index in [0.717, 1.165) is 24.8 Å². The third-order valence-corrected chi connectivity index (χ3v) is 7.93. The largest absolute Gasteiger partial charge is 0.390 e. The number of hydrogen-bond donors (Lipinski definition) is 1. The van der Waals surface area contributed by atoms with Crippen molar-refractivity contribution >= 4 is 11.6 Å². The number of aliphatic hydroxyl groups excluding tert-OH is 1. The highest BCUT2D eigenvalue weighted by molar-refractivity contribution is 5.97. The van der Waals surface area contributed by atoms with E-state index in [2.05, 4.69) is 13.8 Å². The third-order valence-electron chi connectivity index (χ3n) is 7.93. The Kier molecular flexibility index (Phi) is 2.59. The van der Waals surface area contributed by atoms with Gasteiger partial charge in [-0.05, 0) is 54.6 Å². The first-order valence-corrected chi connectivity index (χ1v) is 8.99. The predicted octanol–water partition coefficient (Wildman–Crippen LogP) is 2.05. The molecule has 0 bridgehead atoms. The molecule has 0 aromatic carbocycles. The molecule has 4 nitrogen and oxygen atoms in total. The molecular formula is C19H24O4. The van der Waals surface area contributed by atoms with Crippen LogP contribution in [0, 0.1) is 28.6 Å². The van der Waals surface area contributed by atoms with E-state index in [4.69, 9.17) is 4.74 Å². The normalized spacial score (nSPS) is 57.1. The fraction of sp³-hybridized carbons (Fsp3) is 0.789. The van der Waals surface area contributed by atoms with Crippen LogP contribution in [0.25, 0.3) is 0 Å². The molecule has 0 spiro atoms. The average molecular weight is 316 g/mol. The highest BCUT2D eigenvalue weighted by atomic mass is 16.6. The van der Waals surface area contributed by atoms with E-state index in [9.17, 15) is 14.7 Å². The molecule has 0 aromatic heterocycles. The Morgan fingerprint density at radius 1 is 1.17 bits per heavy atom. The minimum absolute atomic E-state index is 0.0450. The predicted molar refractivity (Wildman–Crippen MR) is 82.5 cm³/mol. The number of hydrogen-bond acceptors (Lipinski definition) is 4. The maximum absolute atomic E-state index is 13.0. The molecule has 8 atom stereocenters. The van der Waals surface area contributed by atoms with Crippen molar-refractivity contribution < 1.29 is 19.4 Å². The molecule has 3 saturated carbocycles. The molecule has 4 aliphatic carbocycles. The minimum atomic E-state index is -0.422. The standard InChI is InChI=1S/C19H24O4/c1-18-6-5-10-15(9(18)3-4-14(18)22)12(20)7-11-16-17(23-16)13(21)8-19(10,11)2/h7,9-10,13,15-17,21H,3-6,8H2,1-2H3/t9-,10-,13+,15-,16-,17+,18-,19+/m0/s1. The zero-order chi connectivity index (χ0) is 16.1. The Morgan fingerprint density at radius 3 is 2.70 bits per heavy atom. The van der Waals surface area contributed by atoms with Crippen LogP contribution < -0.4 is 0 Å². The van der Waals surface area contributed by atoms with Crippen LogP contribution in [0.1, 0.15) is 46.0 Å². The van der Waals surface area contributed by atoms with E-state index < -0.39 is 6.10 Å². The lowest BCUT2D eigenvalue weighted by atomic mass is 9.47. The molecule has 124 valence electrons. The van der Waals surface area contributed by atoms with Crippen LogP contribution in [0.2, 0.25) is 0 Å². The summed E-state index contributed by atoms with van der Waals surface area (Å²) in [6.45, 7) is 4.29. The van der Waals surface area contributed by atoms with Crippen molar-refractivity contribution in [1.82, 2.24) is 0 Å². The van der Waals surface area contributed by atoms with Gasteiger partial charge in [0.1, 0.15) is 18.0 Å². The van der Waals surface area contributed by atoms with Crippen molar-refractivity contribution in [3.8, 4) is 0 Å². The Hall–Kier alpha value is -1.00. The molecule has 0 aromatic rings. The summed E-state index contributed by atoms with van der Waals surface area (Å²) >= 11 is 0. The molecule has 1 saturated heterocycles. The second kappa shape index (κ2) is 4.15. The quantitative estimate of drug-likeness (QED) is 0.695. The lowest BCUT2D eigenvalue weighted by Crippen LogP contribution is -2.55. The highest BCUT2D eigenvalue weighted by Crippen LogP contribution is 2.65. The zero-order valence-corrected chi connectivity index (χ0v) is 13.7. The van der Waals surface area contributed by atoms with Gasteiger partial charge in [-0.15, -0.1) is 0 Å². The van der Waals surface area contributed by atoms with Crippen LogP contribution in [-0.2, 0) is 14.3 Å². The molecule has 0 amide bonds. The summed E-state index contributed by atoms with van der Waals surface area (Å²) < 4.78 is 5.65. The first-order chi connectivity index (χ1) is 10.9. The Bertz CT molecular complexity index is 652. The summed E-state index contributed by atoms with van der Waals surface area (Å²) in [5.74, 6) is 0.947. The van der Waals surface area contributed by atoms with Crippen molar-refractivity contribution in [2.24, 2.45) is 28.6 Å². The topological polar surface area (TPSA) is 66.9 Å². The average Bonchev–Trinajstić information content (AvgIpc) is 3.23. The van der Waals surface area contributed by atoms with Gasteiger partial charge in [-0.25, -0.2) is 0 Å². The van der Waals surface area contributed by atoms with E-state index >= 15 is 0 Å². The van der Waals surface area contributed by atoms with Crippen LogP contribution in [0.15, 0.2) is 11.6 Å². The van der Waals surface area contributed by atoms with Crippen molar-refractivity contribution in [2.75, 3.05) is 0 Å². The Labute approximate surface area is 136 Å². The first-order valence-electron chi connectivity index (χ1n) is 8.99. The first kappa shape index (κ1) is 14.4. The van der Waals surface area contributed by atoms with Gasteiger partial charge in [-0.2, -0.15) is 0 Å². The number of epoxide rings is 1. The van der Waals surface area contributed by atoms with Crippen molar-refractivity contribution in [3.63, 3.8) is 0 Å².